The molecule has 0 unspecified atom stereocenters. The van der Waals surface area contributed by atoms with E-state index < -0.39 is 5.24 Å². The van der Waals surface area contributed by atoms with Gasteiger partial charge in [0.05, 0.1) is 10.0 Å². The lowest BCUT2D eigenvalue weighted by Gasteiger charge is -2.05. The SMILES string of the molecule is C#CCOc1cc(C(=O)Cl)n(-c2ncc(Cl)cc2Cl)n1. The fourth-order valence-electron chi connectivity index (χ4n) is 1.41. The van der Waals surface area contributed by atoms with Gasteiger partial charge in [-0.3, -0.25) is 4.79 Å². The van der Waals surface area contributed by atoms with Crippen molar-refractivity contribution in [2.24, 2.45) is 0 Å². The van der Waals surface area contributed by atoms with Gasteiger partial charge in [-0.15, -0.1) is 11.5 Å². The molecule has 0 aliphatic carbocycles. The van der Waals surface area contributed by atoms with E-state index in [4.69, 9.17) is 46.0 Å². The molecule has 20 heavy (non-hydrogen) atoms. The molecule has 2 aromatic heterocycles. The van der Waals surface area contributed by atoms with Crippen molar-refractivity contribution in [1.29, 1.82) is 0 Å². The summed E-state index contributed by atoms with van der Waals surface area (Å²) in [6.07, 6.45) is 6.45. The van der Waals surface area contributed by atoms with E-state index in [-0.39, 0.29) is 29.0 Å². The summed E-state index contributed by atoms with van der Waals surface area (Å²) in [6, 6.07) is 2.82. The van der Waals surface area contributed by atoms with Gasteiger partial charge in [0.2, 0.25) is 5.88 Å². The number of pyridine rings is 1. The molecule has 0 saturated carbocycles. The summed E-state index contributed by atoms with van der Waals surface area (Å²) in [5, 5.41) is 3.86. The highest BCUT2D eigenvalue weighted by molar-refractivity contribution is 6.67. The maximum absolute atomic E-state index is 11.4. The molecule has 5 nitrogen and oxygen atoms in total. The summed E-state index contributed by atoms with van der Waals surface area (Å²) >= 11 is 17.3. The van der Waals surface area contributed by atoms with Gasteiger partial charge >= 0.3 is 0 Å². The van der Waals surface area contributed by atoms with Gasteiger partial charge in [-0.2, -0.15) is 0 Å². The predicted octanol–water partition coefficient (Wildman–Crippen LogP) is 2.97. The Balaban J connectivity index is 2.51. The molecule has 8 heteroatoms. The third kappa shape index (κ3) is 3.05. The summed E-state index contributed by atoms with van der Waals surface area (Å²) in [5.41, 5.74) is 0.0513. The summed E-state index contributed by atoms with van der Waals surface area (Å²) < 4.78 is 6.30. The first-order valence-corrected chi connectivity index (χ1v) is 6.34. The fourth-order valence-corrected chi connectivity index (χ4v) is 2.00. The van der Waals surface area contributed by atoms with Crippen molar-refractivity contribution in [2.45, 2.75) is 0 Å². The molecular weight excluding hydrogens is 325 g/mol. The smallest absolute Gasteiger partial charge is 0.271 e. The molecule has 0 aliphatic rings. The van der Waals surface area contributed by atoms with Crippen LogP contribution in [0.25, 0.3) is 5.82 Å². The Morgan fingerprint density at radius 3 is 2.80 bits per heavy atom. The number of terminal acetylenes is 1. The maximum Gasteiger partial charge on any atom is 0.271 e. The monoisotopic (exact) mass is 329 g/mol. The number of carbonyl (C=O) groups excluding carboxylic acids is 1. The van der Waals surface area contributed by atoms with Gasteiger partial charge in [-0.1, -0.05) is 29.1 Å². The lowest BCUT2D eigenvalue weighted by atomic mass is 10.4. The van der Waals surface area contributed by atoms with Crippen molar-refractivity contribution >= 4 is 40.0 Å². The molecule has 0 bridgehead atoms. The molecular formula is C12H6Cl3N3O2. The highest BCUT2D eigenvalue weighted by Crippen LogP contribution is 2.25. The molecule has 0 aliphatic heterocycles. The van der Waals surface area contributed by atoms with E-state index in [1.165, 1.54) is 23.0 Å². The van der Waals surface area contributed by atoms with Crippen molar-refractivity contribution in [3.8, 4) is 24.0 Å². The Hall–Kier alpha value is -1.74. The Labute approximate surface area is 129 Å². The number of hydrogen-bond donors (Lipinski definition) is 0. The minimum atomic E-state index is -0.735. The highest BCUT2D eigenvalue weighted by Gasteiger charge is 2.18. The van der Waals surface area contributed by atoms with Gasteiger partial charge in [-0.25, -0.2) is 9.67 Å². The second-order valence-electron chi connectivity index (χ2n) is 3.51. The van der Waals surface area contributed by atoms with Crippen molar-refractivity contribution < 1.29 is 9.53 Å². The Morgan fingerprint density at radius 1 is 1.45 bits per heavy atom. The third-order valence-corrected chi connectivity index (χ3v) is 2.86. The van der Waals surface area contributed by atoms with Crippen molar-refractivity contribution in [2.75, 3.05) is 6.61 Å². The Kier molecular flexibility index (Phi) is 4.50. The first-order chi connectivity index (χ1) is 9.52. The first kappa shape index (κ1) is 14.7. The average molecular weight is 331 g/mol. The number of rotatable bonds is 4. The summed E-state index contributed by atoms with van der Waals surface area (Å²) in [4.78, 5) is 15.4. The van der Waals surface area contributed by atoms with Crippen LogP contribution in [0.4, 0.5) is 0 Å². The molecule has 0 amide bonds. The van der Waals surface area contributed by atoms with Gasteiger partial charge in [0.15, 0.2) is 12.4 Å². The molecule has 0 spiro atoms. The second kappa shape index (κ2) is 6.14. The Morgan fingerprint density at radius 2 is 2.20 bits per heavy atom. The van der Waals surface area contributed by atoms with E-state index >= 15 is 0 Å². The number of halogens is 3. The van der Waals surface area contributed by atoms with Gasteiger partial charge in [-0.05, 0) is 17.7 Å². The molecule has 2 aromatic rings. The van der Waals surface area contributed by atoms with Crippen LogP contribution in [0.5, 0.6) is 5.88 Å². The number of aromatic nitrogens is 3. The zero-order valence-corrected chi connectivity index (χ0v) is 12.1. The van der Waals surface area contributed by atoms with Gasteiger partial charge in [0.25, 0.3) is 5.24 Å². The van der Waals surface area contributed by atoms with Gasteiger partial charge in [0.1, 0.15) is 5.69 Å². The quantitative estimate of drug-likeness (QED) is 0.639. The molecule has 0 aromatic carbocycles. The number of nitrogens with zero attached hydrogens (tertiary/aromatic N) is 3. The van der Waals surface area contributed by atoms with Gasteiger partial charge < -0.3 is 4.74 Å². The molecule has 0 atom stereocenters. The first-order valence-electron chi connectivity index (χ1n) is 5.20. The van der Waals surface area contributed by atoms with Crippen LogP contribution >= 0.6 is 34.8 Å². The molecule has 0 fully saturated rings. The maximum atomic E-state index is 11.4. The van der Waals surface area contributed by atoms with E-state index in [1.807, 2.05) is 0 Å². The molecule has 102 valence electrons. The topological polar surface area (TPSA) is 57.0 Å². The zero-order valence-electron chi connectivity index (χ0n) is 9.81. The standard InChI is InChI=1S/C12H6Cl3N3O2/c1-2-3-20-10-5-9(11(15)19)18(17-10)12-8(14)4-7(13)6-16-12/h1,4-6H,3H2. The van der Waals surface area contributed by atoms with Crippen LogP contribution in [0.2, 0.25) is 10.0 Å². The Bertz CT molecular complexity index is 706. The minimum Gasteiger partial charge on any atom is -0.463 e. The van der Waals surface area contributed by atoms with E-state index in [0.29, 0.717) is 5.02 Å². The van der Waals surface area contributed by atoms with E-state index in [1.54, 1.807) is 0 Å². The molecule has 2 rings (SSSR count). The predicted molar refractivity (Wildman–Crippen MR) is 75.9 cm³/mol. The molecule has 0 radical (unpaired) electrons. The van der Waals surface area contributed by atoms with Crippen LogP contribution in [-0.2, 0) is 0 Å². The lowest BCUT2D eigenvalue weighted by molar-refractivity contribution is 0.107. The minimum absolute atomic E-state index is 0.00864. The van der Waals surface area contributed by atoms with Crippen LogP contribution in [0.3, 0.4) is 0 Å². The highest BCUT2D eigenvalue weighted by atomic mass is 35.5. The van der Waals surface area contributed by atoms with Crippen LogP contribution < -0.4 is 4.74 Å². The molecule has 2 heterocycles. The summed E-state index contributed by atoms with van der Waals surface area (Å²) in [5.74, 6) is 2.63. The summed E-state index contributed by atoms with van der Waals surface area (Å²) in [7, 11) is 0. The van der Waals surface area contributed by atoms with Crippen LogP contribution in [0, 0.1) is 12.3 Å². The van der Waals surface area contributed by atoms with Crippen LogP contribution in [0.1, 0.15) is 10.5 Å². The fraction of sp³-hybridized carbons (Fsp3) is 0.0833. The number of carbonyl (C=O) groups is 1. The number of ether oxygens (including phenoxy) is 1. The number of hydrogen-bond acceptors (Lipinski definition) is 4. The van der Waals surface area contributed by atoms with Crippen LogP contribution in [0.15, 0.2) is 18.3 Å². The van der Waals surface area contributed by atoms with Gasteiger partial charge in [0, 0.05) is 12.3 Å². The summed E-state index contributed by atoms with van der Waals surface area (Å²) in [6.45, 7) is 0.00864. The van der Waals surface area contributed by atoms with Crippen molar-refractivity contribution in [1.82, 2.24) is 14.8 Å². The molecule has 0 saturated heterocycles. The normalized spacial score (nSPS) is 10.1. The third-order valence-electron chi connectivity index (χ3n) is 2.18. The molecule has 0 N–H and O–H groups in total. The van der Waals surface area contributed by atoms with Crippen LogP contribution in [-0.4, -0.2) is 26.6 Å². The largest absolute Gasteiger partial charge is 0.463 e. The van der Waals surface area contributed by atoms with E-state index in [0.717, 1.165) is 0 Å². The van der Waals surface area contributed by atoms with Crippen molar-refractivity contribution in [3.63, 3.8) is 0 Å². The van der Waals surface area contributed by atoms with E-state index in [9.17, 15) is 4.79 Å². The average Bonchev–Trinajstić information content (AvgIpc) is 2.80. The zero-order chi connectivity index (χ0) is 14.7. The van der Waals surface area contributed by atoms with Crippen molar-refractivity contribution in [3.05, 3.63) is 34.1 Å². The lowest BCUT2D eigenvalue weighted by Crippen LogP contribution is -2.07. The van der Waals surface area contributed by atoms with E-state index in [2.05, 4.69) is 16.0 Å². The second-order valence-corrected chi connectivity index (χ2v) is 4.69.